The van der Waals surface area contributed by atoms with E-state index in [0.717, 1.165) is 15.8 Å². The smallest absolute Gasteiger partial charge is 0.166 e. The summed E-state index contributed by atoms with van der Waals surface area (Å²) in [5, 5.41) is 17.0. The SMILES string of the molecule is CNC(=S)NC1c2cc(Br)ccc2OC(C)(C)C1O. The molecular formula is C13H17BrN2O2S. The van der Waals surface area contributed by atoms with Crippen molar-refractivity contribution >= 4 is 33.3 Å². The lowest BCUT2D eigenvalue weighted by Gasteiger charge is -2.42. The first kappa shape index (κ1) is 14.6. The van der Waals surface area contributed by atoms with Crippen molar-refractivity contribution in [2.45, 2.75) is 31.6 Å². The second-order valence-corrected chi connectivity index (χ2v) is 6.36. The van der Waals surface area contributed by atoms with Crippen molar-refractivity contribution in [2.24, 2.45) is 0 Å². The number of rotatable bonds is 1. The van der Waals surface area contributed by atoms with Crippen LogP contribution in [-0.2, 0) is 0 Å². The van der Waals surface area contributed by atoms with E-state index in [4.69, 9.17) is 17.0 Å². The van der Waals surface area contributed by atoms with E-state index in [1.54, 1.807) is 7.05 Å². The van der Waals surface area contributed by atoms with Gasteiger partial charge in [-0.1, -0.05) is 15.9 Å². The van der Waals surface area contributed by atoms with Gasteiger partial charge in [-0.25, -0.2) is 0 Å². The first-order valence-corrected chi connectivity index (χ1v) is 7.20. The van der Waals surface area contributed by atoms with Crippen LogP contribution in [0.1, 0.15) is 25.5 Å². The Kier molecular flexibility index (Phi) is 4.03. The van der Waals surface area contributed by atoms with Gasteiger partial charge >= 0.3 is 0 Å². The van der Waals surface area contributed by atoms with Crippen LogP contribution in [0.2, 0.25) is 0 Å². The minimum atomic E-state index is -0.708. The number of halogens is 1. The Bertz CT molecular complexity index is 507. The van der Waals surface area contributed by atoms with Crippen LogP contribution in [0.15, 0.2) is 22.7 Å². The first-order valence-electron chi connectivity index (χ1n) is 6.00. The van der Waals surface area contributed by atoms with Gasteiger partial charge in [-0.15, -0.1) is 0 Å². The van der Waals surface area contributed by atoms with Gasteiger partial charge in [0.25, 0.3) is 0 Å². The molecular weight excluding hydrogens is 328 g/mol. The molecule has 0 aliphatic carbocycles. The second-order valence-electron chi connectivity index (χ2n) is 5.03. The molecule has 6 heteroatoms. The quantitative estimate of drug-likeness (QED) is 0.681. The maximum atomic E-state index is 10.5. The van der Waals surface area contributed by atoms with E-state index >= 15 is 0 Å². The molecule has 19 heavy (non-hydrogen) atoms. The zero-order chi connectivity index (χ0) is 14.2. The molecule has 3 N–H and O–H groups in total. The Morgan fingerprint density at radius 1 is 1.47 bits per heavy atom. The Morgan fingerprint density at radius 2 is 2.16 bits per heavy atom. The van der Waals surface area contributed by atoms with Gasteiger partial charge in [0.05, 0.1) is 6.04 Å². The van der Waals surface area contributed by atoms with Crippen LogP contribution in [0.5, 0.6) is 5.75 Å². The maximum Gasteiger partial charge on any atom is 0.166 e. The van der Waals surface area contributed by atoms with Crippen molar-refractivity contribution in [3.63, 3.8) is 0 Å². The molecule has 1 aliphatic rings. The molecule has 1 aliphatic heterocycles. The van der Waals surface area contributed by atoms with Crippen LogP contribution in [0.25, 0.3) is 0 Å². The van der Waals surface area contributed by atoms with Crippen molar-refractivity contribution < 1.29 is 9.84 Å². The summed E-state index contributed by atoms with van der Waals surface area (Å²) in [6.45, 7) is 3.72. The standard InChI is InChI=1S/C13H17BrN2O2S/c1-13(2)11(17)10(16-12(19)15-3)8-6-7(14)4-5-9(8)18-13/h4-6,10-11,17H,1-3H3,(H2,15,16,19). The van der Waals surface area contributed by atoms with Crippen LogP contribution in [0.4, 0.5) is 0 Å². The molecule has 1 aromatic carbocycles. The first-order chi connectivity index (χ1) is 8.85. The minimum absolute atomic E-state index is 0.309. The molecule has 1 aromatic rings. The molecule has 0 amide bonds. The molecule has 0 saturated carbocycles. The Hall–Kier alpha value is -0.850. The van der Waals surface area contributed by atoms with E-state index in [2.05, 4.69) is 26.6 Å². The number of hydrogen-bond acceptors (Lipinski definition) is 3. The van der Waals surface area contributed by atoms with Crippen LogP contribution in [0.3, 0.4) is 0 Å². The predicted octanol–water partition coefficient (Wildman–Crippen LogP) is 2.12. The van der Waals surface area contributed by atoms with Crippen LogP contribution >= 0.6 is 28.1 Å². The number of benzene rings is 1. The van der Waals surface area contributed by atoms with Crippen molar-refractivity contribution in [3.05, 3.63) is 28.2 Å². The van der Waals surface area contributed by atoms with Gasteiger partial charge in [-0.3, -0.25) is 0 Å². The van der Waals surface area contributed by atoms with E-state index in [9.17, 15) is 5.11 Å². The highest BCUT2D eigenvalue weighted by Gasteiger charge is 2.43. The van der Waals surface area contributed by atoms with Crippen LogP contribution in [-0.4, -0.2) is 29.0 Å². The molecule has 2 rings (SSSR count). The molecule has 0 spiro atoms. The molecule has 4 nitrogen and oxygen atoms in total. The number of thiocarbonyl (C=S) groups is 1. The lowest BCUT2D eigenvalue weighted by molar-refractivity contribution is -0.0610. The van der Waals surface area contributed by atoms with Gasteiger partial charge in [0.2, 0.25) is 0 Å². The zero-order valence-electron chi connectivity index (χ0n) is 11.0. The van der Waals surface area contributed by atoms with Gasteiger partial charge in [0.1, 0.15) is 17.5 Å². The predicted molar refractivity (Wildman–Crippen MR) is 82.4 cm³/mol. The van der Waals surface area contributed by atoms with Crippen LogP contribution in [0, 0.1) is 0 Å². The monoisotopic (exact) mass is 344 g/mol. The summed E-state index contributed by atoms with van der Waals surface area (Å²) in [6, 6.07) is 5.43. The number of aliphatic hydroxyl groups is 1. The third-order valence-corrected chi connectivity index (χ3v) is 4.04. The Balaban J connectivity index is 2.44. The fourth-order valence-electron chi connectivity index (χ4n) is 2.14. The largest absolute Gasteiger partial charge is 0.485 e. The van der Waals surface area contributed by atoms with Crippen molar-refractivity contribution in [1.29, 1.82) is 0 Å². The summed E-state index contributed by atoms with van der Waals surface area (Å²) >= 11 is 8.58. The number of hydrogen-bond donors (Lipinski definition) is 3. The number of fused-ring (bicyclic) bond motifs is 1. The zero-order valence-corrected chi connectivity index (χ0v) is 13.4. The highest BCUT2D eigenvalue weighted by Crippen LogP contribution is 2.40. The maximum absolute atomic E-state index is 10.5. The van der Waals surface area contributed by atoms with Gasteiger partial charge in [0.15, 0.2) is 5.11 Å². The molecule has 2 atom stereocenters. The lowest BCUT2D eigenvalue weighted by Crippen LogP contribution is -2.54. The molecule has 0 radical (unpaired) electrons. The molecule has 0 fully saturated rings. The highest BCUT2D eigenvalue weighted by molar-refractivity contribution is 9.10. The molecule has 2 unspecified atom stereocenters. The van der Waals surface area contributed by atoms with E-state index < -0.39 is 11.7 Å². The number of nitrogens with one attached hydrogen (secondary N) is 2. The average Bonchev–Trinajstić information content (AvgIpc) is 2.35. The fourth-order valence-corrected chi connectivity index (χ4v) is 2.65. The summed E-state index contributed by atoms with van der Waals surface area (Å²) in [5.41, 5.74) is 0.209. The third kappa shape index (κ3) is 2.85. The molecule has 104 valence electrons. The average molecular weight is 345 g/mol. The summed E-state index contributed by atoms with van der Waals surface area (Å²) in [7, 11) is 1.74. The van der Waals surface area contributed by atoms with Gasteiger partial charge in [0, 0.05) is 17.1 Å². The van der Waals surface area contributed by atoms with Crippen molar-refractivity contribution in [1.82, 2.24) is 10.6 Å². The molecule has 1 heterocycles. The minimum Gasteiger partial charge on any atom is -0.485 e. The third-order valence-electron chi connectivity index (χ3n) is 3.22. The Morgan fingerprint density at radius 3 is 2.79 bits per heavy atom. The number of ether oxygens (including phenoxy) is 1. The van der Waals surface area contributed by atoms with E-state index in [0.29, 0.717) is 5.11 Å². The van der Waals surface area contributed by atoms with Crippen molar-refractivity contribution in [3.8, 4) is 5.75 Å². The summed E-state index contributed by atoms with van der Waals surface area (Å²) in [6.07, 6.45) is -0.708. The van der Waals surface area contributed by atoms with E-state index in [-0.39, 0.29) is 6.04 Å². The number of aliphatic hydroxyl groups excluding tert-OH is 1. The normalized spacial score (nSPS) is 24.1. The summed E-state index contributed by atoms with van der Waals surface area (Å²) in [5.74, 6) is 0.759. The van der Waals surface area contributed by atoms with Crippen LogP contribution < -0.4 is 15.4 Å². The Labute approximate surface area is 126 Å². The van der Waals surface area contributed by atoms with Gasteiger partial charge in [-0.2, -0.15) is 0 Å². The summed E-state index contributed by atoms with van der Waals surface area (Å²) < 4.78 is 6.79. The lowest BCUT2D eigenvalue weighted by atomic mass is 9.86. The van der Waals surface area contributed by atoms with E-state index in [1.165, 1.54) is 0 Å². The van der Waals surface area contributed by atoms with Crippen molar-refractivity contribution in [2.75, 3.05) is 7.05 Å². The van der Waals surface area contributed by atoms with Gasteiger partial charge in [-0.05, 0) is 44.3 Å². The summed E-state index contributed by atoms with van der Waals surface area (Å²) in [4.78, 5) is 0. The topological polar surface area (TPSA) is 53.5 Å². The molecule has 0 saturated heterocycles. The highest BCUT2D eigenvalue weighted by atomic mass is 79.9. The van der Waals surface area contributed by atoms with Gasteiger partial charge < -0.3 is 20.5 Å². The second kappa shape index (κ2) is 5.26. The fraction of sp³-hybridized carbons (Fsp3) is 0.462. The molecule has 0 bridgehead atoms. The van der Waals surface area contributed by atoms with E-state index in [1.807, 2.05) is 32.0 Å². The molecule has 0 aromatic heterocycles.